The Morgan fingerprint density at radius 2 is 2.26 bits per heavy atom. The van der Waals surface area contributed by atoms with Gasteiger partial charge in [-0.25, -0.2) is 0 Å². The van der Waals surface area contributed by atoms with Gasteiger partial charge in [0, 0.05) is 26.1 Å². The van der Waals surface area contributed by atoms with E-state index < -0.39 is 0 Å². The maximum absolute atomic E-state index is 12.4. The monoisotopic (exact) mass is 259 g/mol. The molecule has 2 atom stereocenters. The first-order chi connectivity index (χ1) is 9.34. The van der Waals surface area contributed by atoms with Crippen molar-refractivity contribution in [1.82, 2.24) is 5.32 Å². The van der Waals surface area contributed by atoms with Gasteiger partial charge in [-0.1, -0.05) is 24.3 Å². The summed E-state index contributed by atoms with van der Waals surface area (Å²) in [6.07, 6.45) is 4.11. The van der Waals surface area contributed by atoms with E-state index in [-0.39, 0.29) is 5.92 Å². The second-order valence-electron chi connectivity index (χ2n) is 5.52. The highest BCUT2D eigenvalue weighted by atomic mass is 16.5. The summed E-state index contributed by atoms with van der Waals surface area (Å²) in [7, 11) is 0. The maximum Gasteiger partial charge on any atom is 0.141 e. The minimum Gasteiger partial charge on any atom is -0.378 e. The summed E-state index contributed by atoms with van der Waals surface area (Å²) >= 11 is 0. The number of fused-ring (bicyclic) bond motifs is 1. The van der Waals surface area contributed by atoms with Crippen molar-refractivity contribution < 1.29 is 9.53 Å². The largest absolute Gasteiger partial charge is 0.378 e. The van der Waals surface area contributed by atoms with Crippen LogP contribution < -0.4 is 5.32 Å². The lowest BCUT2D eigenvalue weighted by atomic mass is 9.86. The van der Waals surface area contributed by atoms with Crippen LogP contribution in [0.25, 0.3) is 0 Å². The number of carbonyl (C=O) groups excluding carboxylic acids is 1. The molecule has 0 bridgehead atoms. The van der Waals surface area contributed by atoms with Crippen LogP contribution >= 0.6 is 0 Å². The zero-order valence-electron chi connectivity index (χ0n) is 11.2. The van der Waals surface area contributed by atoms with Gasteiger partial charge in [0.2, 0.25) is 0 Å². The Balaban J connectivity index is 1.64. The minimum atomic E-state index is 0.0337. The number of hydrogen-bond acceptors (Lipinski definition) is 3. The maximum atomic E-state index is 12.4. The summed E-state index contributed by atoms with van der Waals surface area (Å²) in [6.45, 7) is 2.53. The van der Waals surface area contributed by atoms with Gasteiger partial charge in [-0.3, -0.25) is 4.79 Å². The van der Waals surface area contributed by atoms with Crippen LogP contribution in [0.5, 0.6) is 0 Å². The zero-order valence-corrected chi connectivity index (χ0v) is 11.2. The molecule has 1 N–H and O–H groups in total. The number of rotatable bonds is 4. The molecule has 3 rings (SSSR count). The smallest absolute Gasteiger partial charge is 0.141 e. The molecule has 19 heavy (non-hydrogen) atoms. The predicted molar refractivity (Wildman–Crippen MR) is 74.1 cm³/mol. The molecule has 1 aromatic carbocycles. The first kappa shape index (κ1) is 12.8. The van der Waals surface area contributed by atoms with Crippen LogP contribution in [0.1, 0.15) is 42.7 Å². The van der Waals surface area contributed by atoms with E-state index in [0.717, 1.165) is 39.0 Å². The van der Waals surface area contributed by atoms with Crippen molar-refractivity contribution in [2.45, 2.75) is 44.2 Å². The van der Waals surface area contributed by atoms with Crippen molar-refractivity contribution in [3.05, 3.63) is 35.4 Å². The molecule has 1 saturated heterocycles. The van der Waals surface area contributed by atoms with Crippen LogP contribution in [0.3, 0.4) is 0 Å². The first-order valence-electron chi connectivity index (χ1n) is 7.27. The Kier molecular flexibility index (Phi) is 3.95. The van der Waals surface area contributed by atoms with Gasteiger partial charge in [-0.15, -0.1) is 0 Å². The van der Waals surface area contributed by atoms with Crippen molar-refractivity contribution in [3.8, 4) is 0 Å². The number of ether oxygens (including phenoxy) is 1. The number of nitrogens with one attached hydrogen (secondary N) is 1. The summed E-state index contributed by atoms with van der Waals surface area (Å²) in [5.41, 5.74) is 2.49. The van der Waals surface area contributed by atoms with Crippen LogP contribution in [0.4, 0.5) is 0 Å². The number of ketones is 1. The Morgan fingerprint density at radius 3 is 3.11 bits per heavy atom. The van der Waals surface area contributed by atoms with Crippen LogP contribution in [-0.4, -0.2) is 25.0 Å². The molecule has 0 saturated carbocycles. The first-order valence-corrected chi connectivity index (χ1v) is 7.27. The van der Waals surface area contributed by atoms with Crippen LogP contribution in [0.15, 0.2) is 24.3 Å². The third-order valence-corrected chi connectivity index (χ3v) is 4.22. The SMILES string of the molecule is O=C(CCC1CCCO1)C1CNCc2ccccc21. The molecular formula is C16H21NO2. The van der Waals surface area contributed by atoms with E-state index in [9.17, 15) is 4.79 Å². The Hall–Kier alpha value is -1.19. The van der Waals surface area contributed by atoms with Crippen molar-refractivity contribution >= 4 is 5.78 Å². The topological polar surface area (TPSA) is 38.3 Å². The third kappa shape index (κ3) is 2.88. The van der Waals surface area contributed by atoms with Crippen molar-refractivity contribution in [2.24, 2.45) is 0 Å². The van der Waals surface area contributed by atoms with E-state index in [1.807, 2.05) is 12.1 Å². The molecule has 1 fully saturated rings. The number of carbonyl (C=O) groups is 1. The minimum absolute atomic E-state index is 0.0337. The van der Waals surface area contributed by atoms with Gasteiger partial charge in [0.1, 0.15) is 5.78 Å². The fourth-order valence-corrected chi connectivity index (χ4v) is 3.13. The zero-order chi connectivity index (χ0) is 13.1. The molecule has 102 valence electrons. The van der Waals surface area contributed by atoms with Crippen molar-refractivity contribution in [3.63, 3.8) is 0 Å². The molecule has 2 aliphatic rings. The molecule has 2 unspecified atom stereocenters. The fourth-order valence-electron chi connectivity index (χ4n) is 3.13. The fraction of sp³-hybridized carbons (Fsp3) is 0.562. The van der Waals surface area contributed by atoms with E-state index in [4.69, 9.17) is 4.74 Å². The lowest BCUT2D eigenvalue weighted by molar-refractivity contribution is -0.121. The second-order valence-corrected chi connectivity index (χ2v) is 5.52. The molecule has 0 aromatic heterocycles. The lowest BCUT2D eigenvalue weighted by Crippen LogP contribution is -2.32. The molecular weight excluding hydrogens is 238 g/mol. The van der Waals surface area contributed by atoms with E-state index in [0.29, 0.717) is 18.3 Å². The number of hydrogen-bond donors (Lipinski definition) is 1. The van der Waals surface area contributed by atoms with Gasteiger partial charge in [-0.05, 0) is 30.4 Å². The van der Waals surface area contributed by atoms with Gasteiger partial charge < -0.3 is 10.1 Å². The third-order valence-electron chi connectivity index (χ3n) is 4.22. The molecule has 2 aliphatic heterocycles. The summed E-state index contributed by atoms with van der Waals surface area (Å²) in [5, 5.41) is 3.35. The van der Waals surface area contributed by atoms with E-state index in [1.54, 1.807) is 0 Å². The summed E-state index contributed by atoms with van der Waals surface area (Å²) in [5.74, 6) is 0.390. The van der Waals surface area contributed by atoms with Crippen molar-refractivity contribution in [1.29, 1.82) is 0 Å². The molecule has 3 heteroatoms. The summed E-state index contributed by atoms with van der Waals surface area (Å²) in [4.78, 5) is 12.4. The Morgan fingerprint density at radius 1 is 1.37 bits per heavy atom. The second kappa shape index (κ2) is 5.85. The highest BCUT2D eigenvalue weighted by Crippen LogP contribution is 2.27. The predicted octanol–water partition coefficient (Wildman–Crippen LogP) is 2.40. The molecule has 0 spiro atoms. The average Bonchev–Trinajstić information content (AvgIpc) is 2.97. The van der Waals surface area contributed by atoms with Gasteiger partial charge in [0.05, 0.1) is 12.0 Å². The normalized spacial score (nSPS) is 26.1. The van der Waals surface area contributed by atoms with E-state index in [1.165, 1.54) is 11.1 Å². The quantitative estimate of drug-likeness (QED) is 0.902. The number of benzene rings is 1. The van der Waals surface area contributed by atoms with Crippen LogP contribution in [0.2, 0.25) is 0 Å². The average molecular weight is 259 g/mol. The highest BCUT2D eigenvalue weighted by molar-refractivity contribution is 5.86. The van der Waals surface area contributed by atoms with Gasteiger partial charge >= 0.3 is 0 Å². The van der Waals surface area contributed by atoms with E-state index >= 15 is 0 Å². The molecule has 3 nitrogen and oxygen atoms in total. The highest BCUT2D eigenvalue weighted by Gasteiger charge is 2.26. The van der Waals surface area contributed by atoms with Gasteiger partial charge in [0.15, 0.2) is 0 Å². The Labute approximate surface area is 114 Å². The lowest BCUT2D eigenvalue weighted by Gasteiger charge is -2.25. The Bertz CT molecular complexity index is 452. The van der Waals surface area contributed by atoms with Crippen molar-refractivity contribution in [2.75, 3.05) is 13.2 Å². The molecule has 0 amide bonds. The summed E-state index contributed by atoms with van der Waals surface area (Å²) < 4.78 is 5.59. The molecule has 2 heterocycles. The number of Topliss-reactive ketones (excluding diaryl/α,β-unsaturated/α-hetero) is 1. The van der Waals surface area contributed by atoms with Gasteiger partial charge in [-0.2, -0.15) is 0 Å². The summed E-state index contributed by atoms with van der Waals surface area (Å²) in [6, 6.07) is 8.29. The van der Waals surface area contributed by atoms with Gasteiger partial charge in [0.25, 0.3) is 0 Å². The van der Waals surface area contributed by atoms with Crippen LogP contribution in [-0.2, 0) is 16.1 Å². The van der Waals surface area contributed by atoms with E-state index in [2.05, 4.69) is 17.4 Å². The van der Waals surface area contributed by atoms with Crippen LogP contribution in [0, 0.1) is 0 Å². The molecule has 0 radical (unpaired) electrons. The molecule has 0 aliphatic carbocycles. The molecule has 1 aromatic rings. The standard InChI is InChI=1S/C16H21NO2/c18-16(8-7-13-5-3-9-19-13)15-11-17-10-12-4-1-2-6-14(12)15/h1-2,4,6,13,15,17H,3,5,7-11H2.